The fourth-order valence-corrected chi connectivity index (χ4v) is 2.86. The van der Waals surface area contributed by atoms with Gasteiger partial charge in [-0.3, -0.25) is 0 Å². The highest BCUT2D eigenvalue weighted by atomic mass is 35.5. The fourth-order valence-electron chi connectivity index (χ4n) is 2.18. The summed E-state index contributed by atoms with van der Waals surface area (Å²) >= 11 is 18.4. The van der Waals surface area contributed by atoms with Crippen molar-refractivity contribution in [3.05, 3.63) is 56.5 Å². The van der Waals surface area contributed by atoms with E-state index in [1.165, 1.54) is 0 Å². The maximum Gasteiger partial charge on any atom is 0.163 e. The molecule has 2 aromatic carbocycles. The van der Waals surface area contributed by atoms with Gasteiger partial charge in [0.2, 0.25) is 0 Å². The predicted molar refractivity (Wildman–Crippen MR) is 101 cm³/mol. The number of rotatable bonds is 8. The summed E-state index contributed by atoms with van der Waals surface area (Å²) in [5.41, 5.74) is 1.81. The van der Waals surface area contributed by atoms with Gasteiger partial charge in [0, 0.05) is 33.2 Å². The van der Waals surface area contributed by atoms with Gasteiger partial charge in [-0.15, -0.1) is 0 Å². The Morgan fingerprint density at radius 2 is 1.71 bits per heavy atom. The standard InChI is InChI=1S/C18H20Cl3NO2/c1-3-6-22-10-13-7-17(23-2)18(9-16(13)21)24-11-12-4-5-14(19)8-15(12)20/h4-5,7-9,22H,3,6,10-11H2,1-2H3. The molecule has 0 heterocycles. The lowest BCUT2D eigenvalue weighted by Crippen LogP contribution is -2.14. The first-order valence-electron chi connectivity index (χ1n) is 7.69. The molecule has 0 amide bonds. The minimum atomic E-state index is 0.302. The lowest BCUT2D eigenvalue weighted by atomic mass is 10.2. The molecule has 0 aromatic heterocycles. The van der Waals surface area contributed by atoms with Crippen molar-refractivity contribution in [3.63, 3.8) is 0 Å². The smallest absolute Gasteiger partial charge is 0.163 e. The van der Waals surface area contributed by atoms with Crippen LogP contribution in [0.3, 0.4) is 0 Å². The van der Waals surface area contributed by atoms with Crippen molar-refractivity contribution in [2.24, 2.45) is 0 Å². The van der Waals surface area contributed by atoms with Crippen molar-refractivity contribution in [3.8, 4) is 11.5 Å². The second kappa shape index (κ2) is 9.38. The topological polar surface area (TPSA) is 30.5 Å². The van der Waals surface area contributed by atoms with Crippen LogP contribution in [0, 0.1) is 0 Å². The van der Waals surface area contributed by atoms with Crippen LogP contribution >= 0.6 is 34.8 Å². The Morgan fingerprint density at radius 3 is 2.38 bits per heavy atom. The monoisotopic (exact) mass is 387 g/mol. The normalized spacial score (nSPS) is 10.7. The summed E-state index contributed by atoms with van der Waals surface area (Å²) in [7, 11) is 1.61. The molecule has 24 heavy (non-hydrogen) atoms. The van der Waals surface area contributed by atoms with Gasteiger partial charge in [0.05, 0.1) is 7.11 Å². The van der Waals surface area contributed by atoms with Crippen LogP contribution in [0.4, 0.5) is 0 Å². The first-order valence-corrected chi connectivity index (χ1v) is 8.82. The average molecular weight is 389 g/mol. The molecule has 2 aromatic rings. The zero-order chi connectivity index (χ0) is 17.5. The van der Waals surface area contributed by atoms with Crippen molar-refractivity contribution in [1.82, 2.24) is 5.32 Å². The third kappa shape index (κ3) is 5.18. The number of ether oxygens (including phenoxy) is 2. The molecule has 0 aliphatic carbocycles. The summed E-state index contributed by atoms with van der Waals surface area (Å²) in [6.45, 7) is 4.04. The van der Waals surface area contributed by atoms with Crippen LogP contribution in [0.25, 0.3) is 0 Å². The number of halogens is 3. The van der Waals surface area contributed by atoms with E-state index in [0.717, 1.165) is 24.1 Å². The summed E-state index contributed by atoms with van der Waals surface area (Å²) in [5.74, 6) is 1.21. The number of hydrogen-bond acceptors (Lipinski definition) is 3. The second-order valence-electron chi connectivity index (χ2n) is 5.30. The molecular formula is C18H20Cl3NO2. The summed E-state index contributed by atoms with van der Waals surface area (Å²) in [6, 6.07) is 8.96. The number of methoxy groups -OCH3 is 1. The summed E-state index contributed by atoms with van der Waals surface area (Å²) < 4.78 is 11.3. The molecule has 0 saturated carbocycles. The van der Waals surface area contributed by atoms with Gasteiger partial charge in [0.25, 0.3) is 0 Å². The van der Waals surface area contributed by atoms with Gasteiger partial charge in [-0.05, 0) is 36.7 Å². The summed E-state index contributed by atoms with van der Waals surface area (Å²) in [4.78, 5) is 0. The van der Waals surface area contributed by atoms with E-state index in [1.807, 2.05) is 12.1 Å². The summed E-state index contributed by atoms with van der Waals surface area (Å²) in [5, 5.41) is 5.11. The Morgan fingerprint density at radius 1 is 0.958 bits per heavy atom. The molecule has 0 unspecified atom stereocenters. The van der Waals surface area contributed by atoms with Crippen molar-refractivity contribution in [2.75, 3.05) is 13.7 Å². The molecular weight excluding hydrogens is 369 g/mol. The molecule has 0 aliphatic rings. The third-order valence-corrected chi connectivity index (χ3v) is 4.41. The van der Waals surface area contributed by atoms with E-state index in [0.29, 0.717) is 39.7 Å². The van der Waals surface area contributed by atoms with Gasteiger partial charge in [-0.25, -0.2) is 0 Å². The predicted octanol–water partition coefficient (Wildman–Crippen LogP) is 5.73. The summed E-state index contributed by atoms with van der Waals surface area (Å²) in [6.07, 6.45) is 1.07. The molecule has 2 rings (SSSR count). The molecule has 0 saturated heterocycles. The molecule has 0 bridgehead atoms. The van der Waals surface area contributed by atoms with Crippen molar-refractivity contribution < 1.29 is 9.47 Å². The fraction of sp³-hybridized carbons (Fsp3) is 0.333. The average Bonchev–Trinajstić information content (AvgIpc) is 2.56. The van der Waals surface area contributed by atoms with E-state index in [1.54, 1.807) is 25.3 Å². The first-order chi connectivity index (χ1) is 11.5. The van der Waals surface area contributed by atoms with Gasteiger partial charge in [0.15, 0.2) is 11.5 Å². The SMILES string of the molecule is CCCNCc1cc(OC)c(OCc2ccc(Cl)cc2Cl)cc1Cl. The van der Waals surface area contributed by atoms with Crippen LogP contribution in [0.15, 0.2) is 30.3 Å². The van der Waals surface area contributed by atoms with Gasteiger partial charge in [-0.2, -0.15) is 0 Å². The van der Waals surface area contributed by atoms with Crippen LogP contribution in [0.5, 0.6) is 11.5 Å². The highest BCUT2D eigenvalue weighted by molar-refractivity contribution is 6.35. The molecule has 130 valence electrons. The Bertz CT molecular complexity index is 692. The first kappa shape index (κ1) is 19.2. The van der Waals surface area contributed by atoms with Crippen molar-refractivity contribution in [2.45, 2.75) is 26.5 Å². The maximum absolute atomic E-state index is 6.35. The third-order valence-electron chi connectivity index (χ3n) is 3.47. The Labute approximate surface area is 157 Å². The van der Waals surface area contributed by atoms with E-state index in [9.17, 15) is 0 Å². The van der Waals surface area contributed by atoms with Gasteiger partial charge in [0.1, 0.15) is 6.61 Å². The Kier molecular flexibility index (Phi) is 7.50. The van der Waals surface area contributed by atoms with Gasteiger partial charge >= 0.3 is 0 Å². The molecule has 0 radical (unpaired) electrons. The van der Waals surface area contributed by atoms with E-state index in [-0.39, 0.29) is 0 Å². The second-order valence-corrected chi connectivity index (χ2v) is 6.55. The van der Waals surface area contributed by atoms with Crippen LogP contribution in [0.1, 0.15) is 24.5 Å². The lowest BCUT2D eigenvalue weighted by molar-refractivity contribution is 0.284. The molecule has 1 N–H and O–H groups in total. The lowest BCUT2D eigenvalue weighted by Gasteiger charge is -2.15. The maximum atomic E-state index is 6.35. The quantitative estimate of drug-likeness (QED) is 0.585. The van der Waals surface area contributed by atoms with Crippen LogP contribution in [0.2, 0.25) is 15.1 Å². The molecule has 6 heteroatoms. The highest BCUT2D eigenvalue weighted by Crippen LogP contribution is 2.34. The molecule has 0 spiro atoms. The number of hydrogen-bond donors (Lipinski definition) is 1. The molecule has 3 nitrogen and oxygen atoms in total. The van der Waals surface area contributed by atoms with Crippen LogP contribution in [-0.4, -0.2) is 13.7 Å². The van der Waals surface area contributed by atoms with Crippen molar-refractivity contribution >= 4 is 34.8 Å². The van der Waals surface area contributed by atoms with Crippen LogP contribution < -0.4 is 14.8 Å². The molecule has 0 atom stereocenters. The number of nitrogens with one attached hydrogen (secondary N) is 1. The van der Waals surface area contributed by atoms with Gasteiger partial charge < -0.3 is 14.8 Å². The van der Waals surface area contributed by atoms with E-state index in [4.69, 9.17) is 44.3 Å². The minimum absolute atomic E-state index is 0.302. The van der Waals surface area contributed by atoms with Crippen LogP contribution in [-0.2, 0) is 13.2 Å². The van der Waals surface area contributed by atoms with Gasteiger partial charge in [-0.1, -0.05) is 47.8 Å². The zero-order valence-corrected chi connectivity index (χ0v) is 15.9. The Balaban J connectivity index is 2.13. The number of benzene rings is 2. The van der Waals surface area contributed by atoms with Crippen molar-refractivity contribution in [1.29, 1.82) is 0 Å². The Hall–Kier alpha value is -1.13. The van der Waals surface area contributed by atoms with E-state index >= 15 is 0 Å². The largest absolute Gasteiger partial charge is 0.493 e. The minimum Gasteiger partial charge on any atom is -0.493 e. The van der Waals surface area contributed by atoms with E-state index < -0.39 is 0 Å². The highest BCUT2D eigenvalue weighted by Gasteiger charge is 2.11. The molecule has 0 aliphatic heterocycles. The molecule has 0 fully saturated rings. The zero-order valence-electron chi connectivity index (χ0n) is 13.7. The van der Waals surface area contributed by atoms with E-state index in [2.05, 4.69) is 12.2 Å².